The van der Waals surface area contributed by atoms with Gasteiger partial charge in [0.1, 0.15) is 12.4 Å². The van der Waals surface area contributed by atoms with Crippen LogP contribution in [0.15, 0.2) is 60.9 Å². The molecule has 4 rings (SSSR count). The first-order chi connectivity index (χ1) is 13.2. The van der Waals surface area contributed by atoms with Crippen LogP contribution in [0.3, 0.4) is 0 Å². The molecule has 1 aromatic heterocycles. The number of carbonyl (C=O) groups excluding carboxylic acids is 1. The maximum Gasteiger partial charge on any atom is 0.227 e. The number of ether oxygens (including phenoxy) is 1. The Labute approximate surface area is 162 Å². The van der Waals surface area contributed by atoms with Gasteiger partial charge in [-0.3, -0.25) is 9.48 Å². The Morgan fingerprint density at radius 2 is 2.07 bits per heavy atom. The Balaban J connectivity index is 1.40. The number of carbonyl (C=O) groups is 1. The van der Waals surface area contributed by atoms with E-state index in [4.69, 9.17) is 16.3 Å². The number of nitrogens with one attached hydrogen (secondary N) is 1. The van der Waals surface area contributed by atoms with Crippen molar-refractivity contribution in [2.24, 2.45) is 5.92 Å². The Bertz CT molecular complexity index is 940. The van der Waals surface area contributed by atoms with E-state index in [1.54, 1.807) is 12.3 Å². The molecule has 27 heavy (non-hydrogen) atoms. The second-order valence-corrected chi connectivity index (χ2v) is 7.09. The minimum atomic E-state index is -0.214. The van der Waals surface area contributed by atoms with Crippen LogP contribution in [0.4, 0.5) is 0 Å². The van der Waals surface area contributed by atoms with E-state index in [0.717, 1.165) is 22.4 Å². The molecule has 1 amide bonds. The molecule has 5 nitrogen and oxygen atoms in total. The van der Waals surface area contributed by atoms with Crippen LogP contribution in [-0.4, -0.2) is 22.3 Å². The summed E-state index contributed by atoms with van der Waals surface area (Å²) in [6.07, 6.45) is 4.32. The second kappa shape index (κ2) is 7.84. The van der Waals surface area contributed by atoms with Gasteiger partial charge >= 0.3 is 0 Å². The van der Waals surface area contributed by atoms with Gasteiger partial charge in [0.15, 0.2) is 0 Å². The molecule has 0 spiro atoms. The number of rotatable bonds is 5. The standard InChI is InChI=1S/C21H20ClN3O2/c22-19-6-7-20-17(11-19)10-18(14-27-20)21(26)23-12-15-4-1-2-5-16(15)13-25-9-3-8-24-25/h1-9,11,18H,10,12-14H2,(H,23,26). The van der Waals surface area contributed by atoms with Gasteiger partial charge in [-0.25, -0.2) is 0 Å². The summed E-state index contributed by atoms with van der Waals surface area (Å²) in [6.45, 7) is 1.54. The first-order valence-corrected chi connectivity index (χ1v) is 9.30. The van der Waals surface area contributed by atoms with Crippen molar-refractivity contribution in [3.8, 4) is 5.75 Å². The average molecular weight is 382 g/mol. The molecule has 1 aliphatic rings. The van der Waals surface area contributed by atoms with Crippen molar-refractivity contribution < 1.29 is 9.53 Å². The summed E-state index contributed by atoms with van der Waals surface area (Å²) in [5.74, 6) is 0.594. The van der Waals surface area contributed by atoms with E-state index < -0.39 is 0 Å². The predicted octanol–water partition coefficient (Wildman–Crippen LogP) is 3.45. The van der Waals surface area contributed by atoms with Crippen LogP contribution in [0.25, 0.3) is 0 Å². The smallest absolute Gasteiger partial charge is 0.227 e. The van der Waals surface area contributed by atoms with Crippen molar-refractivity contribution in [2.75, 3.05) is 6.61 Å². The highest BCUT2D eigenvalue weighted by molar-refractivity contribution is 6.30. The highest BCUT2D eigenvalue weighted by Crippen LogP contribution is 2.29. The van der Waals surface area contributed by atoms with Gasteiger partial charge in [0.25, 0.3) is 0 Å². The van der Waals surface area contributed by atoms with Crippen molar-refractivity contribution >= 4 is 17.5 Å². The van der Waals surface area contributed by atoms with Gasteiger partial charge in [-0.1, -0.05) is 35.9 Å². The maximum atomic E-state index is 12.7. The number of halogens is 1. The Kier molecular flexibility index (Phi) is 5.12. The van der Waals surface area contributed by atoms with Crippen LogP contribution in [0.2, 0.25) is 5.02 Å². The molecule has 0 bridgehead atoms. The second-order valence-electron chi connectivity index (χ2n) is 6.65. The normalized spacial score (nSPS) is 15.7. The predicted molar refractivity (Wildman–Crippen MR) is 104 cm³/mol. The third-order valence-corrected chi connectivity index (χ3v) is 5.00. The monoisotopic (exact) mass is 381 g/mol. The first kappa shape index (κ1) is 17.6. The third-order valence-electron chi connectivity index (χ3n) is 4.76. The van der Waals surface area contributed by atoms with Gasteiger partial charge in [0.05, 0.1) is 12.5 Å². The molecule has 2 heterocycles. The van der Waals surface area contributed by atoms with Crippen LogP contribution >= 0.6 is 11.6 Å². The topological polar surface area (TPSA) is 56.2 Å². The molecule has 0 saturated carbocycles. The summed E-state index contributed by atoms with van der Waals surface area (Å²) in [5.41, 5.74) is 3.20. The number of fused-ring (bicyclic) bond motifs is 1. The molecule has 1 unspecified atom stereocenters. The van der Waals surface area contributed by atoms with E-state index in [1.807, 2.05) is 47.3 Å². The van der Waals surface area contributed by atoms with Gasteiger partial charge < -0.3 is 10.1 Å². The molecule has 3 aromatic rings. The largest absolute Gasteiger partial charge is 0.492 e. The summed E-state index contributed by atoms with van der Waals surface area (Å²) >= 11 is 6.06. The molecule has 138 valence electrons. The molecule has 0 fully saturated rings. The highest BCUT2D eigenvalue weighted by Gasteiger charge is 2.26. The van der Waals surface area contributed by atoms with Crippen molar-refractivity contribution in [3.63, 3.8) is 0 Å². The van der Waals surface area contributed by atoms with E-state index in [0.29, 0.717) is 31.1 Å². The van der Waals surface area contributed by atoms with E-state index in [9.17, 15) is 4.79 Å². The number of hydrogen-bond donors (Lipinski definition) is 1. The van der Waals surface area contributed by atoms with E-state index in [2.05, 4.69) is 16.5 Å². The number of benzene rings is 2. The van der Waals surface area contributed by atoms with Gasteiger partial charge in [-0.15, -0.1) is 0 Å². The van der Waals surface area contributed by atoms with Crippen molar-refractivity contribution in [1.82, 2.24) is 15.1 Å². The van der Waals surface area contributed by atoms with Crippen LogP contribution < -0.4 is 10.1 Å². The van der Waals surface area contributed by atoms with Crippen LogP contribution in [-0.2, 0) is 24.3 Å². The first-order valence-electron chi connectivity index (χ1n) is 8.92. The minimum absolute atomic E-state index is 0.00508. The lowest BCUT2D eigenvalue weighted by Gasteiger charge is -2.25. The molecule has 6 heteroatoms. The molecule has 1 N–H and O–H groups in total. The zero-order valence-corrected chi connectivity index (χ0v) is 15.5. The fourth-order valence-corrected chi connectivity index (χ4v) is 3.51. The minimum Gasteiger partial charge on any atom is -0.492 e. The van der Waals surface area contributed by atoms with Crippen molar-refractivity contribution in [2.45, 2.75) is 19.5 Å². The zero-order valence-electron chi connectivity index (χ0n) is 14.8. The fraction of sp³-hybridized carbons (Fsp3) is 0.238. The number of hydrogen-bond acceptors (Lipinski definition) is 3. The Morgan fingerprint density at radius 1 is 1.22 bits per heavy atom. The molecular weight excluding hydrogens is 362 g/mol. The lowest BCUT2D eigenvalue weighted by molar-refractivity contribution is -0.126. The van der Waals surface area contributed by atoms with E-state index in [-0.39, 0.29) is 11.8 Å². The van der Waals surface area contributed by atoms with Crippen molar-refractivity contribution in [1.29, 1.82) is 0 Å². The highest BCUT2D eigenvalue weighted by atomic mass is 35.5. The molecule has 1 atom stereocenters. The Hall–Kier alpha value is -2.79. The quantitative estimate of drug-likeness (QED) is 0.736. The summed E-state index contributed by atoms with van der Waals surface area (Å²) in [5, 5.41) is 7.96. The molecule has 2 aromatic carbocycles. The third kappa shape index (κ3) is 4.14. The number of aromatic nitrogens is 2. The van der Waals surface area contributed by atoms with E-state index in [1.165, 1.54) is 0 Å². The van der Waals surface area contributed by atoms with Crippen LogP contribution in [0.5, 0.6) is 5.75 Å². The number of nitrogens with zero attached hydrogens (tertiary/aromatic N) is 2. The van der Waals surface area contributed by atoms with E-state index >= 15 is 0 Å². The molecule has 0 saturated heterocycles. The summed E-state index contributed by atoms with van der Waals surface area (Å²) < 4.78 is 7.60. The molecule has 0 aliphatic carbocycles. The summed E-state index contributed by atoms with van der Waals surface area (Å²) in [7, 11) is 0. The average Bonchev–Trinajstić information content (AvgIpc) is 3.19. The summed E-state index contributed by atoms with van der Waals surface area (Å²) in [6, 6.07) is 15.5. The Morgan fingerprint density at radius 3 is 2.89 bits per heavy atom. The molecule has 0 radical (unpaired) electrons. The molecular formula is C21H20ClN3O2. The van der Waals surface area contributed by atoms with Gasteiger partial charge in [0.2, 0.25) is 5.91 Å². The van der Waals surface area contributed by atoms with Crippen molar-refractivity contribution in [3.05, 3.63) is 82.6 Å². The lowest BCUT2D eigenvalue weighted by atomic mass is 9.96. The maximum absolute atomic E-state index is 12.7. The molecule has 1 aliphatic heterocycles. The fourth-order valence-electron chi connectivity index (χ4n) is 3.31. The zero-order chi connectivity index (χ0) is 18.6. The van der Waals surface area contributed by atoms with Gasteiger partial charge in [-0.2, -0.15) is 5.10 Å². The summed E-state index contributed by atoms with van der Waals surface area (Å²) in [4.78, 5) is 12.7. The lowest BCUT2D eigenvalue weighted by Crippen LogP contribution is -2.37. The van der Waals surface area contributed by atoms with Gasteiger partial charge in [0, 0.05) is 24.0 Å². The van der Waals surface area contributed by atoms with Crippen LogP contribution in [0, 0.1) is 5.92 Å². The van der Waals surface area contributed by atoms with Crippen LogP contribution in [0.1, 0.15) is 16.7 Å². The number of amides is 1. The SMILES string of the molecule is O=C(NCc1ccccc1Cn1cccn1)C1COc2ccc(Cl)cc2C1. The van der Waals surface area contributed by atoms with Gasteiger partial charge in [-0.05, 0) is 47.4 Å².